The van der Waals surface area contributed by atoms with E-state index in [0.29, 0.717) is 24.4 Å². The van der Waals surface area contributed by atoms with E-state index in [-0.39, 0.29) is 24.2 Å². The van der Waals surface area contributed by atoms with Crippen molar-refractivity contribution in [3.8, 4) is 5.75 Å². The van der Waals surface area contributed by atoms with Crippen LogP contribution in [0.4, 0.5) is 5.69 Å². The van der Waals surface area contributed by atoms with Crippen molar-refractivity contribution in [1.29, 1.82) is 0 Å². The number of rotatable bonds is 7. The Bertz CT molecular complexity index is 998. The minimum atomic E-state index is -0.794. The van der Waals surface area contributed by atoms with Crippen molar-refractivity contribution in [3.05, 3.63) is 60.2 Å². The fourth-order valence-electron chi connectivity index (χ4n) is 3.84. The van der Waals surface area contributed by atoms with Crippen LogP contribution in [0.1, 0.15) is 31.7 Å². The van der Waals surface area contributed by atoms with Crippen molar-refractivity contribution in [2.45, 2.75) is 38.6 Å². The van der Waals surface area contributed by atoms with E-state index in [1.807, 2.05) is 30.3 Å². The SMILES string of the molecule is CC(=O)Oc1ccc(N2C(=O)CC(N(CCc3ccccc3)C(=O)C3CC3)C2=O)cc1. The molecule has 0 bridgehead atoms. The molecule has 3 amide bonds. The molecule has 7 heteroatoms. The van der Waals surface area contributed by atoms with Gasteiger partial charge in [0.25, 0.3) is 5.91 Å². The molecule has 2 aliphatic rings. The predicted molar refractivity (Wildman–Crippen MR) is 113 cm³/mol. The van der Waals surface area contributed by atoms with Gasteiger partial charge >= 0.3 is 5.97 Å². The fourth-order valence-corrected chi connectivity index (χ4v) is 3.84. The highest BCUT2D eigenvalue weighted by Gasteiger charge is 2.46. The second-order valence-corrected chi connectivity index (χ2v) is 7.92. The lowest BCUT2D eigenvalue weighted by atomic mass is 10.1. The molecule has 0 radical (unpaired) electrons. The van der Waals surface area contributed by atoms with Gasteiger partial charge < -0.3 is 9.64 Å². The average molecular weight is 420 g/mol. The fraction of sp³-hybridized carbons (Fsp3) is 0.333. The third-order valence-electron chi connectivity index (χ3n) is 5.55. The molecule has 0 spiro atoms. The number of imide groups is 1. The van der Waals surface area contributed by atoms with Crippen molar-refractivity contribution in [1.82, 2.24) is 4.90 Å². The smallest absolute Gasteiger partial charge is 0.308 e. The number of hydrogen-bond donors (Lipinski definition) is 0. The zero-order valence-corrected chi connectivity index (χ0v) is 17.3. The largest absolute Gasteiger partial charge is 0.427 e. The van der Waals surface area contributed by atoms with Gasteiger partial charge in [-0.3, -0.25) is 19.2 Å². The van der Waals surface area contributed by atoms with Crippen LogP contribution < -0.4 is 9.64 Å². The Morgan fingerprint density at radius 3 is 2.32 bits per heavy atom. The first-order valence-electron chi connectivity index (χ1n) is 10.4. The van der Waals surface area contributed by atoms with Crippen LogP contribution in [0.15, 0.2) is 54.6 Å². The van der Waals surface area contributed by atoms with Gasteiger partial charge in [0, 0.05) is 19.4 Å². The molecule has 0 N–H and O–H groups in total. The maximum atomic E-state index is 13.2. The number of carbonyl (C=O) groups is 4. The van der Waals surface area contributed by atoms with Crippen LogP contribution in [0.5, 0.6) is 5.75 Å². The monoisotopic (exact) mass is 420 g/mol. The molecule has 160 valence electrons. The minimum Gasteiger partial charge on any atom is -0.427 e. The third kappa shape index (κ3) is 4.66. The molecular weight excluding hydrogens is 396 g/mol. The maximum Gasteiger partial charge on any atom is 0.308 e. The van der Waals surface area contributed by atoms with E-state index in [0.717, 1.165) is 23.3 Å². The van der Waals surface area contributed by atoms with Crippen molar-refractivity contribution in [3.63, 3.8) is 0 Å². The topological polar surface area (TPSA) is 84.0 Å². The Balaban J connectivity index is 1.52. The van der Waals surface area contributed by atoms with Crippen molar-refractivity contribution < 1.29 is 23.9 Å². The molecule has 7 nitrogen and oxygen atoms in total. The highest BCUT2D eigenvalue weighted by atomic mass is 16.5. The van der Waals surface area contributed by atoms with E-state index < -0.39 is 17.9 Å². The molecule has 1 heterocycles. The van der Waals surface area contributed by atoms with E-state index in [9.17, 15) is 19.2 Å². The van der Waals surface area contributed by atoms with Gasteiger partial charge in [-0.1, -0.05) is 30.3 Å². The van der Waals surface area contributed by atoms with Crippen LogP contribution in [0, 0.1) is 5.92 Å². The summed E-state index contributed by atoms with van der Waals surface area (Å²) in [6.45, 7) is 1.69. The number of esters is 1. The Morgan fingerprint density at radius 2 is 1.71 bits per heavy atom. The Kier molecular flexibility index (Phi) is 5.84. The number of amides is 3. The van der Waals surface area contributed by atoms with Gasteiger partial charge in [-0.15, -0.1) is 0 Å². The number of hydrogen-bond acceptors (Lipinski definition) is 5. The van der Waals surface area contributed by atoms with E-state index in [4.69, 9.17) is 4.74 Å². The van der Waals surface area contributed by atoms with Crippen LogP contribution in [-0.2, 0) is 25.6 Å². The summed E-state index contributed by atoms with van der Waals surface area (Å²) in [6.07, 6.45) is 2.25. The maximum absolute atomic E-state index is 13.2. The first-order chi connectivity index (χ1) is 14.9. The molecule has 1 aliphatic heterocycles. The van der Waals surface area contributed by atoms with Gasteiger partial charge in [-0.05, 0) is 49.1 Å². The lowest BCUT2D eigenvalue weighted by Crippen LogP contribution is -2.47. The van der Waals surface area contributed by atoms with Crippen LogP contribution in [0.3, 0.4) is 0 Å². The molecule has 1 atom stereocenters. The first-order valence-corrected chi connectivity index (χ1v) is 10.4. The summed E-state index contributed by atoms with van der Waals surface area (Å²) in [6, 6.07) is 15.2. The molecule has 2 fully saturated rings. The normalized spacial score (nSPS) is 18.2. The molecule has 0 aromatic heterocycles. The number of nitrogens with zero attached hydrogens (tertiary/aromatic N) is 2. The van der Waals surface area contributed by atoms with Gasteiger partial charge in [-0.25, -0.2) is 4.90 Å². The summed E-state index contributed by atoms with van der Waals surface area (Å²) in [7, 11) is 0. The summed E-state index contributed by atoms with van der Waals surface area (Å²) in [4.78, 5) is 52.7. The van der Waals surface area contributed by atoms with Gasteiger partial charge in [0.15, 0.2) is 0 Å². The van der Waals surface area contributed by atoms with Crippen molar-refractivity contribution >= 4 is 29.4 Å². The first kappa shape index (κ1) is 20.8. The highest BCUT2D eigenvalue weighted by Crippen LogP contribution is 2.34. The average Bonchev–Trinajstić information content (AvgIpc) is 3.56. The summed E-state index contributed by atoms with van der Waals surface area (Å²) in [5.41, 5.74) is 1.47. The molecule has 1 saturated carbocycles. The van der Waals surface area contributed by atoms with Crippen LogP contribution in [-0.4, -0.2) is 41.2 Å². The Hall–Kier alpha value is -3.48. The number of anilines is 1. The summed E-state index contributed by atoms with van der Waals surface area (Å²) in [5, 5.41) is 0. The second-order valence-electron chi connectivity index (χ2n) is 7.92. The molecule has 1 saturated heterocycles. The van der Waals surface area contributed by atoms with Crippen molar-refractivity contribution in [2.75, 3.05) is 11.4 Å². The number of ether oxygens (including phenoxy) is 1. The molecule has 1 unspecified atom stereocenters. The molecular formula is C24H24N2O5. The van der Waals surface area contributed by atoms with Crippen molar-refractivity contribution in [2.24, 2.45) is 5.92 Å². The zero-order valence-electron chi connectivity index (χ0n) is 17.3. The van der Waals surface area contributed by atoms with E-state index >= 15 is 0 Å². The van der Waals surface area contributed by atoms with Gasteiger partial charge in [0.05, 0.1) is 12.1 Å². The van der Waals surface area contributed by atoms with Gasteiger partial charge in [0.1, 0.15) is 11.8 Å². The summed E-state index contributed by atoms with van der Waals surface area (Å²) < 4.78 is 5.00. The highest BCUT2D eigenvalue weighted by molar-refractivity contribution is 6.23. The standard InChI is InChI=1S/C24H24N2O5/c1-16(27)31-20-11-9-19(10-12-20)26-22(28)15-21(24(26)30)25(23(29)18-7-8-18)14-13-17-5-3-2-4-6-17/h2-6,9-12,18,21H,7-8,13-15H2,1H3. The number of benzene rings is 2. The van der Waals surface area contributed by atoms with Gasteiger partial charge in [-0.2, -0.15) is 0 Å². The predicted octanol–water partition coefficient (Wildman–Crippen LogP) is 2.73. The summed E-state index contributed by atoms with van der Waals surface area (Å²) >= 11 is 0. The second kappa shape index (κ2) is 8.71. The molecule has 2 aromatic rings. The summed E-state index contributed by atoms with van der Waals surface area (Å²) in [5.74, 6) is -0.949. The zero-order chi connectivity index (χ0) is 22.0. The van der Waals surface area contributed by atoms with Gasteiger partial charge in [0.2, 0.25) is 11.8 Å². The molecule has 1 aliphatic carbocycles. The Labute approximate surface area is 180 Å². The van der Waals surface area contributed by atoms with E-state index in [1.165, 1.54) is 19.1 Å². The van der Waals surface area contributed by atoms with E-state index in [1.54, 1.807) is 17.0 Å². The molecule has 31 heavy (non-hydrogen) atoms. The van der Waals surface area contributed by atoms with Crippen LogP contribution in [0.25, 0.3) is 0 Å². The third-order valence-corrected chi connectivity index (χ3v) is 5.55. The minimum absolute atomic E-state index is 0.0300. The molecule has 2 aromatic carbocycles. The Morgan fingerprint density at radius 1 is 1.03 bits per heavy atom. The molecule has 4 rings (SSSR count). The lowest BCUT2D eigenvalue weighted by molar-refractivity contribution is -0.139. The number of carbonyl (C=O) groups excluding carboxylic acids is 4. The lowest BCUT2D eigenvalue weighted by Gasteiger charge is -2.28. The van der Waals surface area contributed by atoms with E-state index in [2.05, 4.69) is 0 Å². The quantitative estimate of drug-likeness (QED) is 0.391. The van der Waals surface area contributed by atoms with Crippen LogP contribution in [0.2, 0.25) is 0 Å². The van der Waals surface area contributed by atoms with Crippen LogP contribution >= 0.6 is 0 Å².